The number of benzene rings is 1. The Hall–Kier alpha value is -1.30. The van der Waals surface area contributed by atoms with Crippen LogP contribution in [0.2, 0.25) is 0 Å². The molecule has 0 saturated carbocycles. The van der Waals surface area contributed by atoms with Gasteiger partial charge in [-0.25, -0.2) is 11.0 Å². The first-order chi connectivity index (χ1) is 10.4. The van der Waals surface area contributed by atoms with Gasteiger partial charge in [0.2, 0.25) is 11.2 Å². The van der Waals surface area contributed by atoms with Crippen molar-refractivity contribution < 1.29 is 29.1 Å². The Kier molecular flexibility index (Phi) is 7.65. The Labute approximate surface area is 133 Å². The highest BCUT2D eigenvalue weighted by Crippen LogP contribution is 2.21. The minimum atomic E-state index is -1.82. The molecule has 0 aliphatic carbocycles. The highest BCUT2D eigenvalue weighted by atomic mass is 32.2. The van der Waals surface area contributed by atoms with E-state index in [-0.39, 0.29) is 12.8 Å². The molecule has 0 heterocycles. The molecule has 0 radical (unpaired) electrons. The van der Waals surface area contributed by atoms with Crippen LogP contribution in [0.15, 0.2) is 34.1 Å². The topological polar surface area (TPSA) is 145 Å². The summed E-state index contributed by atoms with van der Waals surface area (Å²) in [6.45, 7) is 0. The summed E-state index contributed by atoms with van der Waals surface area (Å²) < 4.78 is 23.7. The second kappa shape index (κ2) is 8.98. The number of carbonyl (C=O) groups excluding carboxylic acids is 2. The number of hydrogen-bond acceptors (Lipinski definition) is 6. The van der Waals surface area contributed by atoms with Crippen molar-refractivity contribution in [3.05, 3.63) is 24.3 Å². The molecule has 1 aromatic carbocycles. The van der Waals surface area contributed by atoms with E-state index < -0.39 is 39.4 Å². The highest BCUT2D eigenvalue weighted by Gasteiger charge is 2.32. The second-order valence-electron chi connectivity index (χ2n) is 4.26. The molecule has 1 rings (SSSR count). The maximum absolute atomic E-state index is 12.4. The summed E-state index contributed by atoms with van der Waals surface area (Å²) in [5.74, 6) is -1.63. The zero-order chi connectivity index (χ0) is 16.7. The van der Waals surface area contributed by atoms with Gasteiger partial charge in [0.25, 0.3) is 5.91 Å². The molecule has 8 nitrogen and oxygen atoms in total. The van der Waals surface area contributed by atoms with Crippen LogP contribution in [0.1, 0.15) is 12.8 Å². The second-order valence-corrected chi connectivity index (χ2v) is 7.28. The summed E-state index contributed by atoms with van der Waals surface area (Å²) in [6.07, 6.45) is 1.13. The summed E-state index contributed by atoms with van der Waals surface area (Å²) in [5.41, 5.74) is 2.82. The number of hydrogen-bond donors (Lipinski definition) is 4. The Morgan fingerprint density at radius 3 is 2.14 bits per heavy atom. The van der Waals surface area contributed by atoms with Crippen molar-refractivity contribution >= 4 is 34.2 Å². The molecule has 1 aromatic rings. The van der Waals surface area contributed by atoms with Crippen molar-refractivity contribution in [1.29, 1.82) is 0 Å². The minimum Gasteiger partial charge on any atom is -0.612 e. The fraction of sp³-hybridized carbons (Fsp3) is 0.333. The summed E-state index contributed by atoms with van der Waals surface area (Å²) in [5, 5.41) is 16.0. The molecule has 2 amide bonds. The Bertz CT molecular complexity index is 511. The fourth-order valence-electron chi connectivity index (χ4n) is 1.66. The van der Waals surface area contributed by atoms with E-state index in [9.17, 15) is 18.7 Å². The standard InChI is InChI=1S/C12H16N2O6S2/c1-21(19)8-2-4-9(5-3-8)22(20)10(12(16)14-18)6-7-11(15)13-17/h2-5,10,17-18H,6-7H2,1H3,(H,13,15)(H,14,16). The van der Waals surface area contributed by atoms with Crippen molar-refractivity contribution in [2.45, 2.75) is 27.9 Å². The van der Waals surface area contributed by atoms with Crippen LogP contribution >= 0.6 is 0 Å². The van der Waals surface area contributed by atoms with Gasteiger partial charge in [-0.2, -0.15) is 0 Å². The summed E-state index contributed by atoms with van der Waals surface area (Å²) in [4.78, 5) is 23.5. The van der Waals surface area contributed by atoms with E-state index in [1.165, 1.54) is 41.5 Å². The number of rotatable bonds is 7. The van der Waals surface area contributed by atoms with Crippen molar-refractivity contribution in [2.24, 2.45) is 0 Å². The van der Waals surface area contributed by atoms with Crippen molar-refractivity contribution in [3.63, 3.8) is 0 Å². The molecule has 10 heteroatoms. The predicted octanol–water partition coefficient (Wildman–Crippen LogP) is -0.309. The SMILES string of the molecule is C[S+]([O-])c1ccc([S+]([O-])C(CCC(=O)NO)C(=O)NO)cc1. The van der Waals surface area contributed by atoms with Gasteiger partial charge >= 0.3 is 0 Å². The lowest BCUT2D eigenvalue weighted by atomic mass is 10.2. The number of carbonyl (C=O) groups is 2. The smallest absolute Gasteiger partial charge is 0.296 e. The fourth-order valence-corrected chi connectivity index (χ4v) is 3.49. The first-order valence-electron chi connectivity index (χ1n) is 6.11. The van der Waals surface area contributed by atoms with Crippen LogP contribution < -0.4 is 11.0 Å². The Morgan fingerprint density at radius 1 is 1.14 bits per heavy atom. The quantitative estimate of drug-likeness (QED) is 0.302. The van der Waals surface area contributed by atoms with Gasteiger partial charge in [-0.15, -0.1) is 0 Å². The third-order valence-corrected chi connectivity index (χ3v) is 5.45. The molecule has 122 valence electrons. The summed E-state index contributed by atoms with van der Waals surface area (Å²) in [6, 6.07) is 5.99. The molecule has 0 fully saturated rings. The highest BCUT2D eigenvalue weighted by molar-refractivity contribution is 7.92. The van der Waals surface area contributed by atoms with Crippen molar-refractivity contribution in [1.82, 2.24) is 11.0 Å². The molecule has 0 spiro atoms. The van der Waals surface area contributed by atoms with Gasteiger partial charge in [-0.1, -0.05) is 0 Å². The molecule has 3 atom stereocenters. The minimum absolute atomic E-state index is 0.132. The van der Waals surface area contributed by atoms with Gasteiger partial charge in [0.05, 0.1) is 0 Å². The van der Waals surface area contributed by atoms with Crippen LogP contribution in [-0.4, -0.2) is 42.8 Å². The van der Waals surface area contributed by atoms with E-state index in [0.29, 0.717) is 9.79 Å². The molecule has 22 heavy (non-hydrogen) atoms. The average molecular weight is 348 g/mol. The number of hydroxylamine groups is 2. The first kappa shape index (κ1) is 18.7. The van der Waals surface area contributed by atoms with Crippen LogP contribution in [0.4, 0.5) is 0 Å². The van der Waals surface area contributed by atoms with Gasteiger partial charge in [-0.05, 0) is 46.6 Å². The van der Waals surface area contributed by atoms with Crippen LogP contribution in [-0.2, 0) is 31.9 Å². The molecule has 0 saturated heterocycles. The molecule has 4 N–H and O–H groups in total. The Balaban J connectivity index is 2.88. The molecular formula is C12H16N2O6S2. The molecule has 0 aromatic heterocycles. The third kappa shape index (κ3) is 5.16. The van der Waals surface area contributed by atoms with Gasteiger partial charge in [0.1, 0.15) is 6.26 Å². The van der Waals surface area contributed by atoms with Gasteiger partial charge in [0, 0.05) is 12.8 Å². The molecule has 0 bridgehead atoms. The van der Waals surface area contributed by atoms with E-state index in [1.54, 1.807) is 0 Å². The zero-order valence-corrected chi connectivity index (χ0v) is 13.3. The summed E-state index contributed by atoms with van der Waals surface area (Å²) in [7, 11) is 0. The lowest BCUT2D eigenvalue weighted by Gasteiger charge is -2.19. The van der Waals surface area contributed by atoms with Crippen LogP contribution in [0.3, 0.4) is 0 Å². The van der Waals surface area contributed by atoms with Gasteiger partial charge in [0.15, 0.2) is 9.79 Å². The normalized spacial score (nSPS) is 14.8. The number of amides is 2. The van der Waals surface area contributed by atoms with E-state index in [2.05, 4.69) is 0 Å². The van der Waals surface area contributed by atoms with Crippen molar-refractivity contribution in [3.8, 4) is 0 Å². The summed E-state index contributed by atoms with van der Waals surface area (Å²) >= 11 is -3.01. The van der Waals surface area contributed by atoms with Crippen LogP contribution in [0, 0.1) is 0 Å². The first-order valence-corrected chi connectivity index (χ1v) is 8.88. The van der Waals surface area contributed by atoms with Crippen molar-refractivity contribution in [2.75, 3.05) is 6.26 Å². The Morgan fingerprint density at radius 2 is 1.68 bits per heavy atom. The monoisotopic (exact) mass is 348 g/mol. The largest absolute Gasteiger partial charge is 0.612 e. The lowest BCUT2D eigenvalue weighted by Crippen LogP contribution is -2.39. The number of nitrogens with one attached hydrogen (secondary N) is 2. The van der Waals surface area contributed by atoms with E-state index in [1.807, 2.05) is 0 Å². The molecule has 3 unspecified atom stereocenters. The van der Waals surface area contributed by atoms with Crippen LogP contribution in [0.5, 0.6) is 0 Å². The van der Waals surface area contributed by atoms with E-state index in [4.69, 9.17) is 10.4 Å². The molecular weight excluding hydrogens is 332 g/mol. The molecule has 0 aliphatic rings. The predicted molar refractivity (Wildman–Crippen MR) is 78.1 cm³/mol. The lowest BCUT2D eigenvalue weighted by molar-refractivity contribution is -0.130. The zero-order valence-electron chi connectivity index (χ0n) is 11.6. The van der Waals surface area contributed by atoms with Crippen LogP contribution in [0.25, 0.3) is 0 Å². The maximum Gasteiger partial charge on any atom is 0.296 e. The van der Waals surface area contributed by atoms with Gasteiger partial charge < -0.3 is 9.11 Å². The average Bonchev–Trinajstić information content (AvgIpc) is 2.54. The van der Waals surface area contributed by atoms with E-state index >= 15 is 0 Å². The van der Waals surface area contributed by atoms with Gasteiger partial charge in [-0.3, -0.25) is 20.0 Å². The van der Waals surface area contributed by atoms with E-state index in [0.717, 1.165) is 0 Å². The maximum atomic E-state index is 12.4. The third-order valence-electron chi connectivity index (χ3n) is 2.81. The molecule has 0 aliphatic heterocycles.